The number of allylic oxidation sites excluding steroid dienone is 1. The van der Waals surface area contributed by atoms with Crippen molar-refractivity contribution < 1.29 is 13.2 Å². The highest BCUT2D eigenvalue weighted by molar-refractivity contribution is 4.92. The average Bonchev–Trinajstić information content (AvgIpc) is 1.88. The second kappa shape index (κ2) is 5.22. The van der Waals surface area contributed by atoms with Crippen LogP contribution in [0.1, 0.15) is 19.8 Å². The summed E-state index contributed by atoms with van der Waals surface area (Å²) in [5.74, 6) is -1.51. The summed E-state index contributed by atoms with van der Waals surface area (Å²) < 4.78 is 36.8. The molecule has 0 aliphatic carbocycles. The highest BCUT2D eigenvalue weighted by Crippen LogP contribution is 2.23. The molecule has 0 aromatic heterocycles. The van der Waals surface area contributed by atoms with Crippen molar-refractivity contribution in [1.82, 2.24) is 0 Å². The van der Waals surface area contributed by atoms with Gasteiger partial charge in [-0.3, -0.25) is 4.39 Å². The van der Waals surface area contributed by atoms with Gasteiger partial charge < -0.3 is 0 Å². The Hall–Kier alpha value is -0.470. The Morgan fingerprint density at radius 1 is 1.55 bits per heavy atom. The number of hydrogen-bond acceptors (Lipinski definition) is 0. The van der Waals surface area contributed by atoms with Crippen molar-refractivity contribution in [2.75, 3.05) is 6.67 Å². The molecule has 0 fully saturated rings. The molecule has 0 aliphatic rings. The summed E-state index contributed by atoms with van der Waals surface area (Å²) in [4.78, 5) is 0. The largest absolute Gasteiger partial charge is 0.251 e. The Labute approximate surface area is 65.1 Å². The fourth-order valence-electron chi connectivity index (χ4n) is 0.979. The van der Waals surface area contributed by atoms with E-state index >= 15 is 0 Å². The van der Waals surface area contributed by atoms with E-state index < -0.39 is 24.6 Å². The predicted octanol–water partition coefficient (Wildman–Crippen LogP) is 3.19. The molecule has 0 radical (unpaired) electrons. The molecule has 0 aliphatic heterocycles. The SMILES string of the molecule is C=C(F)C(CC)C(F)CCF. The van der Waals surface area contributed by atoms with Crippen molar-refractivity contribution in [3.8, 4) is 0 Å². The van der Waals surface area contributed by atoms with E-state index in [-0.39, 0.29) is 6.42 Å². The Morgan fingerprint density at radius 2 is 2.09 bits per heavy atom. The molecular weight excluding hydrogens is 153 g/mol. The highest BCUT2D eigenvalue weighted by atomic mass is 19.1. The molecule has 2 atom stereocenters. The summed E-state index contributed by atoms with van der Waals surface area (Å²) in [6, 6.07) is 0. The Bertz CT molecular complexity index is 123. The molecule has 0 heterocycles. The minimum Gasteiger partial charge on any atom is -0.251 e. The molecule has 0 bridgehead atoms. The van der Waals surface area contributed by atoms with E-state index in [4.69, 9.17) is 0 Å². The van der Waals surface area contributed by atoms with Gasteiger partial charge in [-0.15, -0.1) is 0 Å². The van der Waals surface area contributed by atoms with E-state index in [1.165, 1.54) is 0 Å². The van der Waals surface area contributed by atoms with Crippen molar-refractivity contribution >= 4 is 0 Å². The minimum atomic E-state index is -1.43. The first-order chi connectivity index (χ1) is 5.13. The maximum atomic E-state index is 12.8. The van der Waals surface area contributed by atoms with Crippen molar-refractivity contribution in [3.63, 3.8) is 0 Å². The third-order valence-electron chi connectivity index (χ3n) is 1.66. The van der Waals surface area contributed by atoms with Gasteiger partial charge in [0.05, 0.1) is 12.5 Å². The Kier molecular flexibility index (Phi) is 4.99. The average molecular weight is 166 g/mol. The fraction of sp³-hybridized carbons (Fsp3) is 0.750. The first-order valence-corrected chi connectivity index (χ1v) is 3.67. The number of halogens is 3. The van der Waals surface area contributed by atoms with Crippen molar-refractivity contribution in [3.05, 3.63) is 12.4 Å². The van der Waals surface area contributed by atoms with Crippen LogP contribution < -0.4 is 0 Å². The van der Waals surface area contributed by atoms with Crippen LogP contribution in [-0.4, -0.2) is 12.8 Å². The predicted molar refractivity (Wildman–Crippen MR) is 39.5 cm³/mol. The number of alkyl halides is 2. The molecule has 0 spiro atoms. The summed E-state index contributed by atoms with van der Waals surface area (Å²) >= 11 is 0. The minimum absolute atomic E-state index is 0.235. The zero-order valence-electron chi connectivity index (χ0n) is 6.62. The molecule has 2 unspecified atom stereocenters. The third kappa shape index (κ3) is 3.44. The molecular formula is C8H13F3. The maximum Gasteiger partial charge on any atom is 0.112 e. The fourth-order valence-corrected chi connectivity index (χ4v) is 0.979. The monoisotopic (exact) mass is 166 g/mol. The van der Waals surface area contributed by atoms with Crippen molar-refractivity contribution in [2.45, 2.75) is 25.9 Å². The second-order valence-corrected chi connectivity index (χ2v) is 2.46. The maximum absolute atomic E-state index is 12.8. The van der Waals surface area contributed by atoms with Crippen LogP contribution in [0.25, 0.3) is 0 Å². The lowest BCUT2D eigenvalue weighted by Gasteiger charge is -2.15. The molecule has 0 aromatic rings. The molecule has 0 nitrogen and oxygen atoms in total. The lowest BCUT2D eigenvalue weighted by Crippen LogP contribution is -2.16. The van der Waals surface area contributed by atoms with Gasteiger partial charge in [-0.2, -0.15) is 0 Å². The second-order valence-electron chi connectivity index (χ2n) is 2.46. The van der Waals surface area contributed by atoms with Crippen molar-refractivity contribution in [1.29, 1.82) is 0 Å². The van der Waals surface area contributed by atoms with E-state index in [9.17, 15) is 13.2 Å². The van der Waals surface area contributed by atoms with E-state index in [1.807, 2.05) is 0 Å². The quantitative estimate of drug-likeness (QED) is 0.588. The Morgan fingerprint density at radius 3 is 2.36 bits per heavy atom. The smallest absolute Gasteiger partial charge is 0.112 e. The van der Waals surface area contributed by atoms with Crippen LogP contribution in [0.4, 0.5) is 13.2 Å². The van der Waals surface area contributed by atoms with Crippen LogP contribution in [0.3, 0.4) is 0 Å². The van der Waals surface area contributed by atoms with Crippen LogP contribution in [-0.2, 0) is 0 Å². The molecule has 0 saturated carbocycles. The normalized spacial score (nSPS) is 16.0. The van der Waals surface area contributed by atoms with Gasteiger partial charge in [0, 0.05) is 12.3 Å². The number of hydrogen-bond donors (Lipinski definition) is 0. The van der Waals surface area contributed by atoms with Crippen LogP contribution in [0.15, 0.2) is 12.4 Å². The lowest BCUT2D eigenvalue weighted by atomic mass is 9.98. The Balaban J connectivity index is 3.91. The molecule has 0 aromatic carbocycles. The molecule has 0 N–H and O–H groups in total. The molecule has 0 rings (SSSR count). The zero-order valence-corrected chi connectivity index (χ0v) is 6.62. The molecule has 11 heavy (non-hydrogen) atoms. The van der Waals surface area contributed by atoms with Gasteiger partial charge in [0.1, 0.15) is 6.17 Å². The summed E-state index contributed by atoms with van der Waals surface area (Å²) in [7, 11) is 0. The molecule has 3 heteroatoms. The van der Waals surface area contributed by atoms with Gasteiger partial charge in [0.15, 0.2) is 0 Å². The zero-order chi connectivity index (χ0) is 8.85. The van der Waals surface area contributed by atoms with Crippen molar-refractivity contribution in [2.24, 2.45) is 5.92 Å². The van der Waals surface area contributed by atoms with Gasteiger partial charge in [-0.05, 0) is 6.42 Å². The summed E-state index contributed by atoms with van der Waals surface area (Å²) in [5, 5.41) is 0. The van der Waals surface area contributed by atoms with Gasteiger partial charge in [-0.25, -0.2) is 8.78 Å². The lowest BCUT2D eigenvalue weighted by molar-refractivity contribution is 0.198. The highest BCUT2D eigenvalue weighted by Gasteiger charge is 2.21. The molecule has 66 valence electrons. The van der Waals surface area contributed by atoms with Gasteiger partial charge >= 0.3 is 0 Å². The van der Waals surface area contributed by atoms with E-state index in [0.717, 1.165) is 0 Å². The topological polar surface area (TPSA) is 0 Å². The summed E-state index contributed by atoms with van der Waals surface area (Å²) in [5.41, 5.74) is 0. The first kappa shape index (κ1) is 10.5. The van der Waals surface area contributed by atoms with Crippen LogP contribution in [0, 0.1) is 5.92 Å². The molecule has 0 saturated heterocycles. The van der Waals surface area contributed by atoms with Crippen LogP contribution in [0.5, 0.6) is 0 Å². The van der Waals surface area contributed by atoms with Crippen LogP contribution >= 0.6 is 0 Å². The summed E-state index contributed by atoms with van der Waals surface area (Å²) in [6.07, 6.45) is -1.33. The first-order valence-electron chi connectivity index (χ1n) is 3.67. The van der Waals surface area contributed by atoms with Gasteiger partial charge in [0.2, 0.25) is 0 Å². The van der Waals surface area contributed by atoms with E-state index in [1.54, 1.807) is 6.92 Å². The standard InChI is InChI=1S/C8H13F3/c1-3-7(6(2)10)8(11)4-5-9/h7-8H,2-5H2,1H3. The summed E-state index contributed by atoms with van der Waals surface area (Å²) in [6.45, 7) is 3.91. The van der Waals surface area contributed by atoms with Gasteiger partial charge in [0.25, 0.3) is 0 Å². The van der Waals surface area contributed by atoms with E-state index in [2.05, 4.69) is 6.58 Å². The third-order valence-corrected chi connectivity index (χ3v) is 1.66. The van der Waals surface area contributed by atoms with Crippen LogP contribution in [0.2, 0.25) is 0 Å². The number of rotatable bonds is 5. The molecule has 0 amide bonds. The van der Waals surface area contributed by atoms with Gasteiger partial charge in [-0.1, -0.05) is 13.5 Å². The van der Waals surface area contributed by atoms with E-state index in [0.29, 0.717) is 6.42 Å².